The summed E-state index contributed by atoms with van der Waals surface area (Å²) in [7, 11) is 0. The van der Waals surface area contributed by atoms with E-state index in [-0.39, 0.29) is 11.1 Å². The SMILES string of the molecule is Cc1nn2c(C(=O)O)cc(C(C)(C)C)nc2c1I. The number of hydrogen-bond acceptors (Lipinski definition) is 3. The van der Waals surface area contributed by atoms with Crippen molar-refractivity contribution in [1.29, 1.82) is 0 Å². The van der Waals surface area contributed by atoms with Crippen molar-refractivity contribution in [1.82, 2.24) is 14.6 Å². The van der Waals surface area contributed by atoms with Crippen molar-refractivity contribution >= 4 is 34.2 Å². The van der Waals surface area contributed by atoms with Crippen LogP contribution in [0.15, 0.2) is 6.07 Å². The minimum absolute atomic E-state index is 0.149. The van der Waals surface area contributed by atoms with E-state index >= 15 is 0 Å². The molecule has 0 aliphatic carbocycles. The fraction of sp³-hybridized carbons (Fsp3) is 0.417. The van der Waals surface area contributed by atoms with Gasteiger partial charge in [-0.15, -0.1) is 0 Å². The number of carbonyl (C=O) groups is 1. The molecule has 0 bridgehead atoms. The molecule has 0 aromatic carbocycles. The maximum absolute atomic E-state index is 11.3. The summed E-state index contributed by atoms with van der Waals surface area (Å²) in [5.74, 6) is -0.994. The fourth-order valence-electron chi connectivity index (χ4n) is 1.63. The van der Waals surface area contributed by atoms with Gasteiger partial charge in [-0.25, -0.2) is 14.3 Å². The molecule has 2 aromatic heterocycles. The Morgan fingerprint density at radius 2 is 2.06 bits per heavy atom. The fourth-order valence-corrected chi connectivity index (χ4v) is 2.09. The molecule has 0 spiro atoms. The largest absolute Gasteiger partial charge is 0.477 e. The van der Waals surface area contributed by atoms with Gasteiger partial charge in [-0.05, 0) is 35.6 Å². The van der Waals surface area contributed by atoms with Gasteiger partial charge in [-0.2, -0.15) is 5.10 Å². The Labute approximate surface area is 118 Å². The van der Waals surface area contributed by atoms with E-state index in [0.29, 0.717) is 5.65 Å². The monoisotopic (exact) mass is 359 g/mol. The zero-order valence-corrected chi connectivity index (χ0v) is 12.8. The predicted octanol–water partition coefficient (Wildman–Crippen LogP) is 2.64. The van der Waals surface area contributed by atoms with Crippen LogP contribution in [0.2, 0.25) is 0 Å². The third-order valence-corrected chi connectivity index (χ3v) is 3.94. The molecule has 0 atom stereocenters. The van der Waals surface area contributed by atoms with Gasteiger partial charge >= 0.3 is 5.97 Å². The van der Waals surface area contributed by atoms with Crippen LogP contribution in [0.4, 0.5) is 0 Å². The van der Waals surface area contributed by atoms with Crippen molar-refractivity contribution < 1.29 is 9.90 Å². The molecule has 6 heteroatoms. The lowest BCUT2D eigenvalue weighted by atomic mass is 9.91. The smallest absolute Gasteiger partial charge is 0.354 e. The van der Waals surface area contributed by atoms with Crippen LogP contribution >= 0.6 is 22.6 Å². The van der Waals surface area contributed by atoms with E-state index in [9.17, 15) is 9.90 Å². The molecule has 0 saturated heterocycles. The van der Waals surface area contributed by atoms with Crippen molar-refractivity contribution in [3.05, 3.63) is 26.7 Å². The van der Waals surface area contributed by atoms with Crippen LogP contribution < -0.4 is 0 Å². The Bertz CT molecular complexity index is 641. The van der Waals surface area contributed by atoms with Gasteiger partial charge in [0.05, 0.1) is 15.0 Å². The summed E-state index contributed by atoms with van der Waals surface area (Å²) in [5, 5.41) is 13.5. The first-order valence-corrected chi connectivity index (χ1v) is 6.59. The average Bonchev–Trinajstić information content (AvgIpc) is 2.52. The van der Waals surface area contributed by atoms with Gasteiger partial charge < -0.3 is 5.11 Å². The summed E-state index contributed by atoms with van der Waals surface area (Å²) >= 11 is 2.14. The molecule has 0 radical (unpaired) electrons. The van der Waals surface area contributed by atoms with Gasteiger partial charge in [0.2, 0.25) is 0 Å². The lowest BCUT2D eigenvalue weighted by Crippen LogP contribution is -2.18. The van der Waals surface area contributed by atoms with Gasteiger partial charge in [0.25, 0.3) is 0 Å². The summed E-state index contributed by atoms with van der Waals surface area (Å²) < 4.78 is 2.29. The Morgan fingerprint density at radius 1 is 1.44 bits per heavy atom. The number of hydrogen-bond donors (Lipinski definition) is 1. The summed E-state index contributed by atoms with van der Waals surface area (Å²) in [6.07, 6.45) is 0. The number of halogens is 1. The number of carboxylic acid groups (broad SMARTS) is 1. The minimum Gasteiger partial charge on any atom is -0.477 e. The van der Waals surface area contributed by atoms with Gasteiger partial charge in [0.1, 0.15) is 0 Å². The molecule has 1 N–H and O–H groups in total. The standard InChI is InChI=1S/C12H14IN3O2/c1-6-9(13)10-14-8(12(2,3)4)5-7(11(17)18)16(10)15-6/h5H,1-4H3,(H,17,18). The topological polar surface area (TPSA) is 67.5 Å². The maximum Gasteiger partial charge on any atom is 0.354 e. The second kappa shape index (κ2) is 4.18. The second-order valence-electron chi connectivity index (χ2n) is 5.22. The number of nitrogens with zero attached hydrogens (tertiary/aromatic N) is 3. The van der Waals surface area contributed by atoms with E-state index in [1.54, 1.807) is 6.07 Å². The third-order valence-electron chi connectivity index (χ3n) is 2.68. The molecular weight excluding hydrogens is 345 g/mol. The zero-order valence-electron chi connectivity index (χ0n) is 10.7. The average molecular weight is 359 g/mol. The van der Waals surface area contributed by atoms with Gasteiger partial charge in [0.15, 0.2) is 11.3 Å². The lowest BCUT2D eigenvalue weighted by Gasteiger charge is -2.18. The molecule has 0 unspecified atom stereocenters. The van der Waals surface area contributed by atoms with E-state index in [0.717, 1.165) is 15.0 Å². The maximum atomic E-state index is 11.3. The molecule has 0 fully saturated rings. The second-order valence-corrected chi connectivity index (χ2v) is 6.30. The Kier molecular flexibility index (Phi) is 3.08. The number of carboxylic acids is 1. The van der Waals surface area contributed by atoms with E-state index < -0.39 is 5.97 Å². The first kappa shape index (κ1) is 13.3. The highest BCUT2D eigenvalue weighted by atomic mass is 127. The molecule has 2 rings (SSSR count). The van der Waals surface area contributed by atoms with Crippen LogP contribution in [-0.2, 0) is 5.41 Å². The summed E-state index contributed by atoms with van der Waals surface area (Å²) in [5.41, 5.74) is 2.10. The van der Waals surface area contributed by atoms with Crippen molar-refractivity contribution in [2.75, 3.05) is 0 Å². The van der Waals surface area contributed by atoms with E-state index in [1.165, 1.54) is 4.52 Å². The minimum atomic E-state index is -0.994. The molecule has 2 aromatic rings. The van der Waals surface area contributed by atoms with Crippen LogP contribution in [0.25, 0.3) is 5.65 Å². The predicted molar refractivity (Wildman–Crippen MR) is 76.1 cm³/mol. The van der Waals surface area contributed by atoms with Crippen LogP contribution in [0.5, 0.6) is 0 Å². The first-order valence-electron chi connectivity index (χ1n) is 5.51. The highest BCUT2D eigenvalue weighted by Crippen LogP contribution is 2.25. The summed E-state index contributed by atoms with van der Waals surface area (Å²) in [6.45, 7) is 7.87. The lowest BCUT2D eigenvalue weighted by molar-refractivity contribution is 0.0687. The van der Waals surface area contributed by atoms with Gasteiger partial charge in [-0.1, -0.05) is 20.8 Å². The van der Waals surface area contributed by atoms with Crippen molar-refractivity contribution in [2.24, 2.45) is 0 Å². The molecule has 0 amide bonds. The van der Waals surface area contributed by atoms with Crippen molar-refractivity contribution in [2.45, 2.75) is 33.1 Å². The Hall–Kier alpha value is -1.18. The Morgan fingerprint density at radius 3 is 2.56 bits per heavy atom. The summed E-state index contributed by atoms with van der Waals surface area (Å²) in [4.78, 5) is 15.9. The van der Waals surface area contributed by atoms with Crippen molar-refractivity contribution in [3.8, 4) is 0 Å². The van der Waals surface area contributed by atoms with Crippen molar-refractivity contribution in [3.63, 3.8) is 0 Å². The van der Waals surface area contributed by atoms with Crippen LogP contribution in [0, 0.1) is 10.5 Å². The van der Waals surface area contributed by atoms with Crippen LogP contribution in [0.3, 0.4) is 0 Å². The highest BCUT2D eigenvalue weighted by Gasteiger charge is 2.22. The van der Waals surface area contributed by atoms with Crippen LogP contribution in [0.1, 0.15) is 42.6 Å². The molecule has 0 aliphatic rings. The molecule has 96 valence electrons. The quantitative estimate of drug-likeness (QED) is 0.795. The van der Waals surface area contributed by atoms with E-state index in [2.05, 4.69) is 32.7 Å². The number of aromatic carboxylic acids is 1. The number of aromatic nitrogens is 3. The number of fused-ring (bicyclic) bond motifs is 1. The third kappa shape index (κ3) is 2.09. The number of rotatable bonds is 1. The molecule has 18 heavy (non-hydrogen) atoms. The molecule has 0 aliphatic heterocycles. The molecule has 5 nitrogen and oxygen atoms in total. The molecule has 2 heterocycles. The zero-order chi connectivity index (χ0) is 13.7. The number of aryl methyl sites for hydroxylation is 1. The molecular formula is C12H14IN3O2. The first-order chi connectivity index (χ1) is 8.21. The molecule has 0 saturated carbocycles. The normalized spacial score (nSPS) is 12.1. The van der Waals surface area contributed by atoms with Gasteiger partial charge in [0, 0.05) is 5.41 Å². The van der Waals surface area contributed by atoms with E-state index in [1.807, 2.05) is 27.7 Å². The van der Waals surface area contributed by atoms with Gasteiger partial charge in [-0.3, -0.25) is 0 Å². The Balaban J connectivity index is 2.88. The van der Waals surface area contributed by atoms with E-state index in [4.69, 9.17) is 0 Å². The van der Waals surface area contributed by atoms with Crippen LogP contribution in [-0.4, -0.2) is 25.7 Å². The summed E-state index contributed by atoms with van der Waals surface area (Å²) in [6, 6.07) is 1.60. The highest BCUT2D eigenvalue weighted by molar-refractivity contribution is 14.1.